The van der Waals surface area contributed by atoms with E-state index in [4.69, 9.17) is 4.74 Å². The first-order valence-corrected chi connectivity index (χ1v) is 11.1. The molecule has 1 atom stereocenters. The summed E-state index contributed by atoms with van der Waals surface area (Å²) in [6.07, 6.45) is 1.98. The van der Waals surface area contributed by atoms with E-state index in [1.165, 1.54) is 26.2 Å². The molecule has 0 aromatic heterocycles. The molecule has 160 valence electrons. The average Bonchev–Trinajstić information content (AvgIpc) is 3.51. The standard InChI is InChI=1S/C21H25N3O5S/c1-14(25)22-17-10-11-19(29-2)20(13-17)30(27,28)24-18(21(26)23-16-8-9-16)12-15-6-4-3-5-7-15/h3-7,10-11,13,16,18,24H,8-9,12H2,1-2H3,(H,22,25)(H,23,26). The highest BCUT2D eigenvalue weighted by Crippen LogP contribution is 2.27. The number of benzene rings is 2. The summed E-state index contributed by atoms with van der Waals surface area (Å²) < 4.78 is 34.1. The van der Waals surface area contributed by atoms with Crippen LogP contribution >= 0.6 is 0 Å². The molecule has 0 bridgehead atoms. The third kappa shape index (κ3) is 5.80. The molecule has 3 N–H and O–H groups in total. The van der Waals surface area contributed by atoms with Crippen LogP contribution in [0.4, 0.5) is 5.69 Å². The summed E-state index contributed by atoms with van der Waals surface area (Å²) in [6, 6.07) is 12.6. The van der Waals surface area contributed by atoms with E-state index in [0.717, 1.165) is 18.4 Å². The first kappa shape index (κ1) is 21.8. The molecule has 0 saturated heterocycles. The van der Waals surface area contributed by atoms with Crippen molar-refractivity contribution in [2.45, 2.75) is 43.2 Å². The van der Waals surface area contributed by atoms with Crippen molar-refractivity contribution >= 4 is 27.5 Å². The summed E-state index contributed by atoms with van der Waals surface area (Å²) in [5, 5.41) is 5.41. The van der Waals surface area contributed by atoms with Gasteiger partial charge < -0.3 is 15.4 Å². The molecule has 0 spiro atoms. The van der Waals surface area contributed by atoms with Gasteiger partial charge >= 0.3 is 0 Å². The second-order valence-corrected chi connectivity index (χ2v) is 8.88. The summed E-state index contributed by atoms with van der Waals surface area (Å²) in [4.78, 5) is 23.9. The molecule has 0 radical (unpaired) electrons. The van der Waals surface area contributed by atoms with Gasteiger partial charge in [0.2, 0.25) is 21.8 Å². The quantitative estimate of drug-likeness (QED) is 0.561. The summed E-state index contributed by atoms with van der Waals surface area (Å²) in [5.41, 5.74) is 1.14. The van der Waals surface area contributed by atoms with Gasteiger partial charge in [-0.2, -0.15) is 4.72 Å². The monoisotopic (exact) mass is 431 g/mol. The summed E-state index contributed by atoms with van der Waals surface area (Å²) in [6.45, 7) is 1.33. The molecule has 0 aliphatic heterocycles. The summed E-state index contributed by atoms with van der Waals surface area (Å²) >= 11 is 0. The van der Waals surface area contributed by atoms with Crippen LogP contribution in [0.1, 0.15) is 25.3 Å². The Morgan fingerprint density at radius 1 is 1.13 bits per heavy atom. The first-order chi connectivity index (χ1) is 14.3. The Bertz CT molecular complexity index is 1020. The fourth-order valence-corrected chi connectivity index (χ4v) is 4.38. The number of carbonyl (C=O) groups excluding carboxylic acids is 2. The van der Waals surface area contributed by atoms with Gasteiger partial charge in [0.1, 0.15) is 16.7 Å². The lowest BCUT2D eigenvalue weighted by Gasteiger charge is -2.20. The van der Waals surface area contributed by atoms with Crippen LogP contribution in [0.25, 0.3) is 0 Å². The van der Waals surface area contributed by atoms with Crippen molar-refractivity contribution in [2.24, 2.45) is 0 Å². The minimum atomic E-state index is -4.13. The number of methoxy groups -OCH3 is 1. The molecule has 1 fully saturated rings. The van der Waals surface area contributed by atoms with Crippen molar-refractivity contribution in [1.29, 1.82) is 0 Å². The molecule has 2 aromatic carbocycles. The maximum absolute atomic E-state index is 13.2. The van der Waals surface area contributed by atoms with E-state index in [-0.39, 0.29) is 34.9 Å². The Hall–Kier alpha value is -2.91. The molecule has 1 aliphatic carbocycles. The van der Waals surface area contributed by atoms with Gasteiger partial charge in [-0.1, -0.05) is 30.3 Å². The number of hydrogen-bond donors (Lipinski definition) is 3. The van der Waals surface area contributed by atoms with Gasteiger partial charge in [-0.05, 0) is 43.0 Å². The van der Waals surface area contributed by atoms with Crippen molar-refractivity contribution in [3.63, 3.8) is 0 Å². The van der Waals surface area contributed by atoms with Crippen LogP contribution < -0.4 is 20.1 Å². The van der Waals surface area contributed by atoms with Crippen molar-refractivity contribution in [3.05, 3.63) is 54.1 Å². The molecular weight excluding hydrogens is 406 g/mol. The lowest BCUT2D eigenvalue weighted by molar-refractivity contribution is -0.122. The van der Waals surface area contributed by atoms with Gasteiger partial charge in [-0.25, -0.2) is 8.42 Å². The number of carbonyl (C=O) groups is 2. The molecule has 1 saturated carbocycles. The normalized spacial score (nSPS) is 14.6. The van der Waals surface area contributed by atoms with E-state index in [1.54, 1.807) is 6.07 Å². The van der Waals surface area contributed by atoms with Crippen LogP contribution in [0, 0.1) is 0 Å². The summed E-state index contributed by atoms with van der Waals surface area (Å²) in [7, 11) is -2.77. The van der Waals surface area contributed by atoms with E-state index in [1.807, 2.05) is 30.3 Å². The van der Waals surface area contributed by atoms with Crippen molar-refractivity contribution in [2.75, 3.05) is 12.4 Å². The van der Waals surface area contributed by atoms with Crippen molar-refractivity contribution < 1.29 is 22.7 Å². The van der Waals surface area contributed by atoms with Crippen LogP contribution in [-0.4, -0.2) is 39.4 Å². The van der Waals surface area contributed by atoms with Crippen LogP contribution in [0.5, 0.6) is 5.75 Å². The minimum absolute atomic E-state index is 0.0953. The Labute approximate surface area is 176 Å². The molecule has 2 aromatic rings. The van der Waals surface area contributed by atoms with Gasteiger partial charge in [0.15, 0.2) is 0 Å². The molecule has 1 aliphatic rings. The Balaban J connectivity index is 1.89. The van der Waals surface area contributed by atoms with Crippen LogP contribution in [0.2, 0.25) is 0 Å². The average molecular weight is 432 g/mol. The lowest BCUT2D eigenvalue weighted by Crippen LogP contribution is -2.48. The van der Waals surface area contributed by atoms with Gasteiger partial charge in [0.25, 0.3) is 0 Å². The molecule has 8 nitrogen and oxygen atoms in total. The number of nitrogens with one attached hydrogen (secondary N) is 3. The maximum Gasteiger partial charge on any atom is 0.245 e. The number of anilines is 1. The number of hydrogen-bond acceptors (Lipinski definition) is 5. The number of ether oxygens (including phenoxy) is 1. The van der Waals surface area contributed by atoms with Crippen molar-refractivity contribution in [1.82, 2.24) is 10.0 Å². The van der Waals surface area contributed by atoms with Crippen molar-refractivity contribution in [3.8, 4) is 5.75 Å². The zero-order valence-electron chi connectivity index (χ0n) is 16.8. The SMILES string of the molecule is COc1ccc(NC(C)=O)cc1S(=O)(=O)NC(Cc1ccccc1)C(=O)NC1CC1. The fourth-order valence-electron chi connectivity index (χ4n) is 2.99. The molecule has 0 heterocycles. The van der Waals surface area contributed by atoms with Gasteiger partial charge in [-0.3, -0.25) is 9.59 Å². The zero-order valence-corrected chi connectivity index (χ0v) is 17.7. The predicted octanol–water partition coefficient (Wildman–Crippen LogP) is 1.82. The third-order valence-corrected chi connectivity index (χ3v) is 6.09. The van der Waals surface area contributed by atoms with Gasteiger partial charge in [0, 0.05) is 18.7 Å². The van der Waals surface area contributed by atoms with E-state index in [9.17, 15) is 18.0 Å². The second-order valence-electron chi connectivity index (χ2n) is 7.19. The highest BCUT2D eigenvalue weighted by molar-refractivity contribution is 7.89. The number of amides is 2. The molecule has 2 amide bonds. The van der Waals surface area contributed by atoms with Crippen LogP contribution in [0.3, 0.4) is 0 Å². The maximum atomic E-state index is 13.2. The fraction of sp³-hybridized carbons (Fsp3) is 0.333. The second kappa shape index (κ2) is 9.27. The highest BCUT2D eigenvalue weighted by Gasteiger charge is 2.32. The van der Waals surface area contributed by atoms with E-state index in [2.05, 4.69) is 15.4 Å². The van der Waals surface area contributed by atoms with Gasteiger partial charge in [-0.15, -0.1) is 0 Å². The molecular formula is C21H25N3O5S. The third-order valence-electron chi connectivity index (χ3n) is 4.59. The Morgan fingerprint density at radius 2 is 1.83 bits per heavy atom. The Kier molecular flexibility index (Phi) is 6.73. The molecule has 3 rings (SSSR count). The number of rotatable bonds is 9. The predicted molar refractivity (Wildman–Crippen MR) is 113 cm³/mol. The lowest BCUT2D eigenvalue weighted by atomic mass is 10.1. The smallest absolute Gasteiger partial charge is 0.245 e. The van der Waals surface area contributed by atoms with Crippen LogP contribution in [-0.2, 0) is 26.0 Å². The largest absolute Gasteiger partial charge is 0.495 e. The zero-order chi connectivity index (χ0) is 21.7. The van der Waals surface area contributed by atoms with Gasteiger partial charge in [0.05, 0.1) is 7.11 Å². The molecule has 1 unspecified atom stereocenters. The van der Waals surface area contributed by atoms with E-state index in [0.29, 0.717) is 5.69 Å². The Morgan fingerprint density at radius 3 is 2.43 bits per heavy atom. The number of sulfonamides is 1. The summed E-state index contributed by atoms with van der Waals surface area (Å²) in [5.74, 6) is -0.596. The topological polar surface area (TPSA) is 114 Å². The molecule has 9 heteroatoms. The first-order valence-electron chi connectivity index (χ1n) is 9.61. The van der Waals surface area contributed by atoms with E-state index >= 15 is 0 Å². The minimum Gasteiger partial charge on any atom is -0.495 e. The van der Waals surface area contributed by atoms with E-state index < -0.39 is 16.1 Å². The molecule has 30 heavy (non-hydrogen) atoms. The van der Waals surface area contributed by atoms with Crippen LogP contribution in [0.15, 0.2) is 53.4 Å². The highest BCUT2D eigenvalue weighted by atomic mass is 32.2.